The maximum Gasteiger partial charge on any atom is 0.123 e. The van der Waals surface area contributed by atoms with E-state index in [1.165, 1.54) is 0 Å². The Morgan fingerprint density at radius 3 is 2.69 bits per heavy atom. The van der Waals surface area contributed by atoms with Crippen molar-refractivity contribution in [2.75, 3.05) is 13.7 Å². The highest BCUT2D eigenvalue weighted by molar-refractivity contribution is 6.31. The first-order valence-corrected chi connectivity index (χ1v) is 4.60. The van der Waals surface area contributed by atoms with Crippen molar-refractivity contribution >= 4 is 11.6 Å². The molecule has 0 bridgehead atoms. The quantitative estimate of drug-likeness (QED) is 0.810. The molecule has 1 rings (SSSR count). The van der Waals surface area contributed by atoms with Crippen molar-refractivity contribution in [2.24, 2.45) is 5.73 Å². The van der Waals surface area contributed by atoms with Gasteiger partial charge in [0, 0.05) is 10.6 Å². The van der Waals surface area contributed by atoms with Gasteiger partial charge in [0.25, 0.3) is 0 Å². The van der Waals surface area contributed by atoms with Crippen molar-refractivity contribution in [3.05, 3.63) is 28.3 Å². The molecule has 0 saturated carbocycles. The summed E-state index contributed by atoms with van der Waals surface area (Å²) < 4.78 is 5.19. The second kappa shape index (κ2) is 4.49. The van der Waals surface area contributed by atoms with E-state index in [-0.39, 0.29) is 0 Å². The van der Waals surface area contributed by atoms with Crippen molar-refractivity contribution in [2.45, 2.75) is 13.3 Å². The SMILES string of the molecule is COc1cc(CCN)cc(Cl)c1C. The molecule has 0 aliphatic carbocycles. The number of methoxy groups -OCH3 is 1. The van der Waals surface area contributed by atoms with Gasteiger partial charge < -0.3 is 10.5 Å². The molecule has 2 N–H and O–H groups in total. The maximum atomic E-state index is 6.01. The summed E-state index contributed by atoms with van der Waals surface area (Å²) in [7, 11) is 1.64. The van der Waals surface area contributed by atoms with Gasteiger partial charge in [-0.2, -0.15) is 0 Å². The van der Waals surface area contributed by atoms with Crippen LogP contribution >= 0.6 is 11.6 Å². The lowest BCUT2D eigenvalue weighted by Gasteiger charge is -2.08. The average Bonchev–Trinajstić information content (AvgIpc) is 2.11. The zero-order valence-corrected chi connectivity index (χ0v) is 8.69. The Balaban J connectivity index is 3.06. The molecule has 2 nitrogen and oxygen atoms in total. The fourth-order valence-electron chi connectivity index (χ4n) is 1.23. The maximum absolute atomic E-state index is 6.01. The minimum absolute atomic E-state index is 0.628. The summed E-state index contributed by atoms with van der Waals surface area (Å²) in [4.78, 5) is 0. The lowest BCUT2D eigenvalue weighted by Crippen LogP contribution is -2.03. The first-order chi connectivity index (χ1) is 6.19. The van der Waals surface area contributed by atoms with Crippen LogP contribution in [0, 0.1) is 6.92 Å². The molecule has 0 aliphatic heterocycles. The number of benzene rings is 1. The third-order valence-corrected chi connectivity index (χ3v) is 2.40. The van der Waals surface area contributed by atoms with E-state index in [2.05, 4.69) is 0 Å². The summed E-state index contributed by atoms with van der Waals surface area (Å²) >= 11 is 6.01. The van der Waals surface area contributed by atoms with E-state index >= 15 is 0 Å². The molecule has 0 amide bonds. The minimum atomic E-state index is 0.628. The largest absolute Gasteiger partial charge is 0.496 e. The monoisotopic (exact) mass is 199 g/mol. The van der Waals surface area contributed by atoms with Gasteiger partial charge in [0.1, 0.15) is 5.75 Å². The Kier molecular flexibility index (Phi) is 3.58. The number of rotatable bonds is 3. The van der Waals surface area contributed by atoms with E-state index in [1.807, 2.05) is 19.1 Å². The van der Waals surface area contributed by atoms with Crippen molar-refractivity contribution in [3.8, 4) is 5.75 Å². The summed E-state index contributed by atoms with van der Waals surface area (Å²) in [5, 5.41) is 0.739. The second-order valence-corrected chi connectivity index (χ2v) is 3.35. The third kappa shape index (κ3) is 2.36. The Hall–Kier alpha value is -0.730. The average molecular weight is 200 g/mol. The van der Waals surface area contributed by atoms with Crippen molar-refractivity contribution in [1.82, 2.24) is 0 Å². The molecule has 72 valence electrons. The molecular weight excluding hydrogens is 186 g/mol. The summed E-state index contributed by atoms with van der Waals surface area (Å²) in [6, 6.07) is 3.92. The van der Waals surface area contributed by atoms with Crippen LogP contribution in [0.25, 0.3) is 0 Å². The predicted molar refractivity (Wildman–Crippen MR) is 55.5 cm³/mol. The standard InChI is InChI=1S/C10H14ClNO/c1-7-9(11)5-8(3-4-12)6-10(7)13-2/h5-6H,3-4,12H2,1-2H3. The van der Waals surface area contributed by atoms with Crippen LogP contribution in [0.1, 0.15) is 11.1 Å². The molecule has 1 aromatic rings. The van der Waals surface area contributed by atoms with E-state index in [9.17, 15) is 0 Å². The molecule has 0 aliphatic rings. The third-order valence-electron chi connectivity index (χ3n) is 2.01. The van der Waals surface area contributed by atoms with Crippen molar-refractivity contribution in [1.29, 1.82) is 0 Å². The molecule has 0 radical (unpaired) electrons. The predicted octanol–water partition coefficient (Wildman–Crippen LogP) is 2.16. The van der Waals surface area contributed by atoms with Gasteiger partial charge in [-0.1, -0.05) is 11.6 Å². The number of ether oxygens (including phenoxy) is 1. The topological polar surface area (TPSA) is 35.2 Å². The van der Waals surface area contributed by atoms with Crippen LogP contribution in [0.15, 0.2) is 12.1 Å². The molecular formula is C10H14ClNO. The molecule has 0 aromatic heterocycles. The lowest BCUT2D eigenvalue weighted by molar-refractivity contribution is 0.411. The van der Waals surface area contributed by atoms with Gasteiger partial charge in [-0.15, -0.1) is 0 Å². The zero-order chi connectivity index (χ0) is 9.84. The van der Waals surface area contributed by atoms with Crippen LogP contribution in [0.4, 0.5) is 0 Å². The summed E-state index contributed by atoms with van der Waals surface area (Å²) in [6.07, 6.45) is 0.830. The van der Waals surface area contributed by atoms with E-state index in [0.29, 0.717) is 6.54 Å². The first-order valence-electron chi connectivity index (χ1n) is 4.22. The Morgan fingerprint density at radius 2 is 2.15 bits per heavy atom. The summed E-state index contributed by atoms with van der Waals surface area (Å²) in [5.41, 5.74) is 7.55. The van der Waals surface area contributed by atoms with E-state index in [1.54, 1.807) is 7.11 Å². The summed E-state index contributed by atoms with van der Waals surface area (Å²) in [5.74, 6) is 0.830. The van der Waals surface area contributed by atoms with Gasteiger partial charge in [0.2, 0.25) is 0 Å². The zero-order valence-electron chi connectivity index (χ0n) is 7.93. The Labute approximate surface area is 83.6 Å². The minimum Gasteiger partial charge on any atom is -0.496 e. The molecule has 13 heavy (non-hydrogen) atoms. The number of hydrogen-bond acceptors (Lipinski definition) is 2. The van der Waals surface area contributed by atoms with Crippen LogP contribution in [-0.4, -0.2) is 13.7 Å². The fourth-order valence-corrected chi connectivity index (χ4v) is 1.46. The molecule has 0 unspecified atom stereocenters. The van der Waals surface area contributed by atoms with Crippen LogP contribution in [-0.2, 0) is 6.42 Å². The number of hydrogen-bond donors (Lipinski definition) is 1. The van der Waals surface area contributed by atoms with Gasteiger partial charge in [-0.3, -0.25) is 0 Å². The van der Waals surface area contributed by atoms with Crippen molar-refractivity contribution < 1.29 is 4.74 Å². The van der Waals surface area contributed by atoms with Gasteiger partial charge in [-0.05, 0) is 37.6 Å². The van der Waals surface area contributed by atoms with Crippen molar-refractivity contribution in [3.63, 3.8) is 0 Å². The number of nitrogens with two attached hydrogens (primary N) is 1. The first kappa shape index (κ1) is 10.4. The highest BCUT2D eigenvalue weighted by Crippen LogP contribution is 2.27. The highest BCUT2D eigenvalue weighted by atomic mass is 35.5. The van der Waals surface area contributed by atoms with E-state index in [0.717, 1.165) is 28.3 Å². The van der Waals surface area contributed by atoms with Gasteiger partial charge in [0.15, 0.2) is 0 Å². The fraction of sp³-hybridized carbons (Fsp3) is 0.400. The van der Waals surface area contributed by atoms with Crippen LogP contribution in [0.3, 0.4) is 0 Å². The van der Waals surface area contributed by atoms with Gasteiger partial charge >= 0.3 is 0 Å². The molecule has 0 spiro atoms. The summed E-state index contributed by atoms with van der Waals surface area (Å²) in [6.45, 7) is 2.57. The van der Waals surface area contributed by atoms with Crippen LogP contribution in [0.2, 0.25) is 5.02 Å². The number of halogens is 1. The molecule has 3 heteroatoms. The van der Waals surface area contributed by atoms with Gasteiger partial charge in [-0.25, -0.2) is 0 Å². The smallest absolute Gasteiger partial charge is 0.123 e. The van der Waals surface area contributed by atoms with E-state index < -0.39 is 0 Å². The molecule has 1 aromatic carbocycles. The molecule has 0 saturated heterocycles. The normalized spacial score (nSPS) is 10.2. The van der Waals surface area contributed by atoms with Crippen LogP contribution in [0.5, 0.6) is 5.75 Å². The van der Waals surface area contributed by atoms with E-state index in [4.69, 9.17) is 22.1 Å². The molecule has 0 fully saturated rings. The second-order valence-electron chi connectivity index (χ2n) is 2.94. The van der Waals surface area contributed by atoms with Crippen LogP contribution < -0.4 is 10.5 Å². The lowest BCUT2D eigenvalue weighted by atomic mass is 10.1. The highest BCUT2D eigenvalue weighted by Gasteiger charge is 2.05. The molecule has 0 heterocycles. The Bertz CT molecular complexity index is 299. The van der Waals surface area contributed by atoms with Gasteiger partial charge in [0.05, 0.1) is 7.11 Å². The Morgan fingerprint density at radius 1 is 1.46 bits per heavy atom. The molecule has 0 atom stereocenters.